The molecule has 0 radical (unpaired) electrons. The lowest BCUT2D eigenvalue weighted by Crippen LogP contribution is -2.34. The van der Waals surface area contributed by atoms with Crippen LogP contribution in [0.5, 0.6) is 5.75 Å². The van der Waals surface area contributed by atoms with Crippen molar-refractivity contribution in [1.29, 1.82) is 0 Å². The van der Waals surface area contributed by atoms with E-state index in [0.717, 1.165) is 28.0 Å². The Morgan fingerprint density at radius 2 is 1.42 bits per heavy atom. The largest absolute Gasteiger partial charge is 0.497 e. The number of ether oxygens (including phenoxy) is 1. The Labute approximate surface area is 141 Å². The fraction of sp³-hybridized carbons (Fsp3) is 0.136. The Bertz CT molecular complexity index is 843. The minimum atomic E-state index is -0.656. The van der Waals surface area contributed by atoms with Crippen LogP contribution >= 0.6 is 0 Å². The summed E-state index contributed by atoms with van der Waals surface area (Å²) in [6.07, 6.45) is 0.680. The van der Waals surface area contributed by atoms with Gasteiger partial charge in [0.25, 0.3) is 0 Å². The van der Waals surface area contributed by atoms with Gasteiger partial charge in [0.2, 0.25) is 0 Å². The smallest absolute Gasteiger partial charge is 0.178 e. The van der Waals surface area contributed by atoms with Crippen molar-refractivity contribution in [2.24, 2.45) is 0 Å². The molecule has 0 saturated carbocycles. The van der Waals surface area contributed by atoms with Crippen molar-refractivity contribution in [1.82, 2.24) is 0 Å². The van der Waals surface area contributed by atoms with Gasteiger partial charge in [0, 0.05) is 5.56 Å². The summed E-state index contributed by atoms with van der Waals surface area (Å²) in [6.45, 7) is 0. The molecular weight excluding hydrogens is 296 g/mol. The van der Waals surface area contributed by atoms with Gasteiger partial charge in [-0.15, -0.1) is 0 Å². The molecule has 0 atom stereocenters. The molecule has 0 fully saturated rings. The first kappa shape index (κ1) is 14.7. The molecule has 1 aliphatic carbocycles. The number of rotatable bonds is 3. The number of carbonyl (C=O) groups excluding carboxylic acids is 1. The molecule has 0 aliphatic heterocycles. The van der Waals surface area contributed by atoms with E-state index in [1.54, 1.807) is 7.11 Å². The van der Waals surface area contributed by atoms with E-state index >= 15 is 0 Å². The first-order chi connectivity index (χ1) is 11.8. The van der Waals surface area contributed by atoms with Crippen LogP contribution < -0.4 is 4.74 Å². The van der Waals surface area contributed by atoms with Crippen LogP contribution in [0.25, 0.3) is 0 Å². The highest BCUT2D eigenvalue weighted by atomic mass is 16.5. The van der Waals surface area contributed by atoms with E-state index < -0.39 is 5.41 Å². The van der Waals surface area contributed by atoms with Gasteiger partial charge in [-0.2, -0.15) is 0 Å². The molecule has 24 heavy (non-hydrogen) atoms. The second-order valence-corrected chi connectivity index (χ2v) is 6.17. The average Bonchev–Trinajstić information content (AvgIpc) is 2.96. The Morgan fingerprint density at radius 3 is 1.96 bits per heavy atom. The van der Waals surface area contributed by atoms with E-state index in [1.165, 1.54) is 0 Å². The highest BCUT2D eigenvalue weighted by Crippen LogP contribution is 2.45. The molecule has 0 aromatic heterocycles. The maximum absolute atomic E-state index is 13.5. The summed E-state index contributed by atoms with van der Waals surface area (Å²) < 4.78 is 5.32. The van der Waals surface area contributed by atoms with Crippen LogP contribution in [0.4, 0.5) is 0 Å². The molecule has 0 amide bonds. The monoisotopic (exact) mass is 314 g/mol. The molecule has 0 spiro atoms. The van der Waals surface area contributed by atoms with Gasteiger partial charge in [-0.1, -0.05) is 66.7 Å². The Hall–Kier alpha value is -2.87. The summed E-state index contributed by atoms with van der Waals surface area (Å²) in [4.78, 5) is 13.5. The van der Waals surface area contributed by atoms with Crippen LogP contribution in [0, 0.1) is 0 Å². The number of methoxy groups -OCH3 is 1. The van der Waals surface area contributed by atoms with Gasteiger partial charge in [0.1, 0.15) is 5.75 Å². The van der Waals surface area contributed by atoms with Gasteiger partial charge < -0.3 is 4.74 Å². The number of benzene rings is 3. The summed E-state index contributed by atoms with van der Waals surface area (Å²) in [7, 11) is 1.63. The summed E-state index contributed by atoms with van der Waals surface area (Å²) >= 11 is 0. The summed E-state index contributed by atoms with van der Waals surface area (Å²) in [5, 5.41) is 0. The predicted octanol–water partition coefficient (Wildman–Crippen LogP) is 4.42. The van der Waals surface area contributed by atoms with E-state index in [1.807, 2.05) is 78.9 Å². The zero-order chi connectivity index (χ0) is 16.6. The number of carbonyl (C=O) groups is 1. The third kappa shape index (κ3) is 2.07. The van der Waals surface area contributed by atoms with Gasteiger partial charge in [0.15, 0.2) is 5.78 Å². The Morgan fingerprint density at radius 1 is 0.833 bits per heavy atom. The van der Waals surface area contributed by atoms with E-state index in [2.05, 4.69) is 0 Å². The molecule has 118 valence electrons. The van der Waals surface area contributed by atoms with Crippen molar-refractivity contribution < 1.29 is 9.53 Å². The normalized spacial score (nSPS) is 15.1. The lowest BCUT2D eigenvalue weighted by Gasteiger charge is -2.28. The topological polar surface area (TPSA) is 26.3 Å². The molecule has 2 nitrogen and oxygen atoms in total. The van der Waals surface area contributed by atoms with Crippen molar-refractivity contribution in [3.8, 4) is 5.75 Å². The van der Waals surface area contributed by atoms with E-state index in [9.17, 15) is 4.79 Å². The molecule has 1 aliphatic rings. The zero-order valence-corrected chi connectivity index (χ0v) is 13.5. The second kappa shape index (κ2) is 5.64. The van der Waals surface area contributed by atoms with Crippen LogP contribution in [0.2, 0.25) is 0 Å². The summed E-state index contributed by atoms with van der Waals surface area (Å²) in [6, 6.07) is 26.0. The van der Waals surface area contributed by atoms with Gasteiger partial charge in [-0.05, 0) is 35.2 Å². The van der Waals surface area contributed by atoms with Crippen LogP contribution in [0.3, 0.4) is 0 Å². The Balaban J connectivity index is 1.95. The predicted molar refractivity (Wildman–Crippen MR) is 94.7 cm³/mol. The molecule has 2 heteroatoms. The van der Waals surface area contributed by atoms with Crippen LogP contribution in [-0.2, 0) is 11.8 Å². The number of ketones is 1. The molecule has 0 N–H and O–H groups in total. The average molecular weight is 314 g/mol. The third-order valence-corrected chi connectivity index (χ3v) is 4.94. The van der Waals surface area contributed by atoms with Crippen LogP contribution in [0.15, 0.2) is 78.9 Å². The third-order valence-electron chi connectivity index (χ3n) is 4.94. The molecular formula is C22H18O2. The van der Waals surface area contributed by atoms with Crippen molar-refractivity contribution >= 4 is 5.78 Å². The first-order valence-corrected chi connectivity index (χ1v) is 8.08. The molecule has 3 aromatic rings. The highest BCUT2D eigenvalue weighted by molar-refractivity contribution is 6.11. The Kier molecular flexibility index (Phi) is 3.46. The van der Waals surface area contributed by atoms with Crippen molar-refractivity contribution in [2.75, 3.05) is 7.11 Å². The fourth-order valence-electron chi connectivity index (χ4n) is 3.72. The van der Waals surface area contributed by atoms with Crippen molar-refractivity contribution in [2.45, 2.75) is 11.8 Å². The number of fused-ring (bicyclic) bond motifs is 1. The first-order valence-electron chi connectivity index (χ1n) is 8.08. The molecule has 4 rings (SSSR count). The fourth-order valence-corrected chi connectivity index (χ4v) is 3.72. The van der Waals surface area contributed by atoms with Crippen molar-refractivity contribution in [3.05, 3.63) is 101 Å². The van der Waals surface area contributed by atoms with Crippen LogP contribution in [-0.4, -0.2) is 12.9 Å². The number of hydrogen-bond donors (Lipinski definition) is 0. The maximum atomic E-state index is 13.5. The SMILES string of the molecule is COc1ccc2c(c1)C(=O)C(c1ccccc1)(c1ccccc1)C2. The molecule has 0 bridgehead atoms. The summed E-state index contributed by atoms with van der Waals surface area (Å²) in [5.41, 5.74) is 3.26. The zero-order valence-electron chi connectivity index (χ0n) is 13.5. The minimum Gasteiger partial charge on any atom is -0.497 e. The van der Waals surface area contributed by atoms with E-state index in [0.29, 0.717) is 6.42 Å². The molecule has 0 heterocycles. The van der Waals surface area contributed by atoms with Crippen molar-refractivity contribution in [3.63, 3.8) is 0 Å². The highest BCUT2D eigenvalue weighted by Gasteiger charge is 2.48. The number of hydrogen-bond acceptors (Lipinski definition) is 2. The maximum Gasteiger partial charge on any atom is 0.178 e. The lowest BCUT2D eigenvalue weighted by atomic mass is 9.71. The van der Waals surface area contributed by atoms with Gasteiger partial charge in [-0.25, -0.2) is 0 Å². The molecule has 0 unspecified atom stereocenters. The van der Waals surface area contributed by atoms with Crippen LogP contribution in [0.1, 0.15) is 27.0 Å². The standard InChI is InChI=1S/C22H18O2/c1-24-19-13-12-16-15-22(21(23)20(16)14-19,17-8-4-2-5-9-17)18-10-6-3-7-11-18/h2-14H,15H2,1H3. The minimum absolute atomic E-state index is 0.147. The second-order valence-electron chi connectivity index (χ2n) is 6.17. The molecule has 0 saturated heterocycles. The lowest BCUT2D eigenvalue weighted by molar-refractivity contribution is 0.0929. The van der Waals surface area contributed by atoms with Gasteiger partial charge in [-0.3, -0.25) is 4.79 Å². The van der Waals surface area contributed by atoms with E-state index in [-0.39, 0.29) is 5.78 Å². The quantitative estimate of drug-likeness (QED) is 0.715. The van der Waals surface area contributed by atoms with Gasteiger partial charge in [0.05, 0.1) is 12.5 Å². The molecule has 3 aromatic carbocycles. The van der Waals surface area contributed by atoms with E-state index in [4.69, 9.17) is 4.74 Å². The van der Waals surface area contributed by atoms with Gasteiger partial charge >= 0.3 is 0 Å². The number of Topliss-reactive ketones (excluding diaryl/α,β-unsaturated/α-hetero) is 1. The summed E-state index contributed by atoms with van der Waals surface area (Å²) in [5.74, 6) is 0.868.